The molecule has 2 rings (SSSR count). The van der Waals surface area contributed by atoms with Crippen molar-refractivity contribution in [2.24, 2.45) is 0 Å². The van der Waals surface area contributed by atoms with Crippen molar-refractivity contribution >= 4 is 11.3 Å². The third kappa shape index (κ3) is 15.8. The lowest BCUT2D eigenvalue weighted by atomic mass is 10.0. The van der Waals surface area contributed by atoms with Crippen molar-refractivity contribution in [3.8, 4) is 0 Å². The monoisotopic (exact) mass is 518 g/mol. The predicted octanol–water partition coefficient (Wildman–Crippen LogP) is 8.11. The molecule has 4 nitrogen and oxygen atoms in total. The van der Waals surface area contributed by atoms with Crippen molar-refractivity contribution in [1.82, 2.24) is 0 Å². The highest BCUT2D eigenvalue weighted by Gasteiger charge is 2.08. The van der Waals surface area contributed by atoms with Crippen LogP contribution in [0.3, 0.4) is 0 Å². The zero-order valence-electron chi connectivity index (χ0n) is 23.1. The Balaban J connectivity index is 1.37. The first-order chi connectivity index (χ1) is 17.8. The number of ether oxygens (including phenoxy) is 3. The van der Waals surface area contributed by atoms with Crippen LogP contribution in [0, 0.1) is 0 Å². The molecule has 36 heavy (non-hydrogen) atoms. The number of rotatable bonds is 24. The Bertz CT molecular complexity index is 720. The number of aromatic nitrogens is 1. The Morgan fingerprint density at radius 1 is 0.722 bits per heavy atom. The molecular formula is C31H52NO3S+. The van der Waals surface area contributed by atoms with Gasteiger partial charge in [-0.3, -0.25) is 0 Å². The molecule has 0 amide bonds. The SMILES string of the molecule is CCCCCCCCCCCCCCCCOCC(COCc1ccc(C[n+]2ccsc2)cc1)OC. The number of benzene rings is 1. The van der Waals surface area contributed by atoms with Gasteiger partial charge in [0.2, 0.25) is 5.51 Å². The van der Waals surface area contributed by atoms with E-state index >= 15 is 0 Å². The fraction of sp³-hybridized carbons (Fsp3) is 0.710. The van der Waals surface area contributed by atoms with Gasteiger partial charge in [-0.25, -0.2) is 0 Å². The lowest BCUT2D eigenvalue weighted by molar-refractivity contribution is -0.683. The van der Waals surface area contributed by atoms with Crippen LogP contribution in [0.15, 0.2) is 41.4 Å². The van der Waals surface area contributed by atoms with Crippen LogP contribution >= 0.6 is 11.3 Å². The molecule has 1 aromatic heterocycles. The Labute approximate surface area is 225 Å². The van der Waals surface area contributed by atoms with Crippen LogP contribution < -0.4 is 4.57 Å². The standard InChI is InChI=1S/C31H52NO3S/c1-3-4-5-6-7-8-9-10-11-12-13-14-15-16-22-34-26-31(33-2)27-35-25-30-19-17-29(18-20-30)24-32-21-23-36-28-32/h17-21,23,28,31H,3-16,22,24-27H2,1-2H3/q+1. The fourth-order valence-corrected chi connectivity index (χ4v) is 5.01. The minimum Gasteiger partial charge on any atom is -0.379 e. The van der Waals surface area contributed by atoms with Gasteiger partial charge in [0.1, 0.15) is 6.10 Å². The number of methoxy groups -OCH3 is 1. The summed E-state index contributed by atoms with van der Waals surface area (Å²) in [5.41, 5.74) is 4.62. The largest absolute Gasteiger partial charge is 0.379 e. The highest BCUT2D eigenvalue weighted by molar-refractivity contribution is 7.07. The van der Waals surface area contributed by atoms with Gasteiger partial charge >= 0.3 is 0 Å². The second-order valence-corrected chi connectivity index (χ2v) is 10.8. The maximum absolute atomic E-state index is 5.89. The molecule has 0 saturated carbocycles. The van der Waals surface area contributed by atoms with E-state index in [9.17, 15) is 0 Å². The quantitative estimate of drug-likeness (QED) is 0.104. The molecule has 0 radical (unpaired) electrons. The average molecular weight is 519 g/mol. The summed E-state index contributed by atoms with van der Waals surface area (Å²) >= 11 is 1.71. The first kappa shape index (κ1) is 31.0. The molecular weight excluding hydrogens is 466 g/mol. The molecule has 1 unspecified atom stereocenters. The number of hydrogen-bond donors (Lipinski definition) is 0. The van der Waals surface area contributed by atoms with Crippen LogP contribution in [0.4, 0.5) is 0 Å². The van der Waals surface area contributed by atoms with Crippen LogP contribution in [0.25, 0.3) is 0 Å². The molecule has 1 heterocycles. The molecule has 0 aliphatic rings. The molecule has 0 spiro atoms. The number of unbranched alkanes of at least 4 members (excludes halogenated alkanes) is 13. The van der Waals surface area contributed by atoms with Crippen LogP contribution in [0.1, 0.15) is 108 Å². The van der Waals surface area contributed by atoms with Gasteiger partial charge in [-0.2, -0.15) is 4.57 Å². The van der Waals surface area contributed by atoms with E-state index in [-0.39, 0.29) is 6.10 Å². The fourth-order valence-electron chi connectivity index (χ4n) is 4.41. The maximum Gasteiger partial charge on any atom is 0.224 e. The second kappa shape index (κ2) is 21.8. The van der Waals surface area contributed by atoms with Gasteiger partial charge < -0.3 is 14.2 Å². The molecule has 5 heteroatoms. The number of hydrogen-bond acceptors (Lipinski definition) is 4. The smallest absolute Gasteiger partial charge is 0.224 e. The van der Waals surface area contributed by atoms with E-state index in [0.29, 0.717) is 19.8 Å². The Kier molecular flexibility index (Phi) is 18.7. The van der Waals surface area contributed by atoms with Gasteiger partial charge in [-0.05, 0) is 12.0 Å². The van der Waals surface area contributed by atoms with E-state index < -0.39 is 0 Å². The van der Waals surface area contributed by atoms with Crippen molar-refractivity contribution in [2.75, 3.05) is 26.9 Å². The number of nitrogens with zero attached hydrogens (tertiary/aromatic N) is 1. The van der Waals surface area contributed by atoms with Gasteiger partial charge in [-0.15, -0.1) is 0 Å². The van der Waals surface area contributed by atoms with Crippen molar-refractivity contribution in [3.63, 3.8) is 0 Å². The van der Waals surface area contributed by atoms with Crippen molar-refractivity contribution in [1.29, 1.82) is 0 Å². The van der Waals surface area contributed by atoms with Crippen molar-refractivity contribution in [3.05, 3.63) is 52.5 Å². The van der Waals surface area contributed by atoms with E-state index in [4.69, 9.17) is 14.2 Å². The highest BCUT2D eigenvalue weighted by Crippen LogP contribution is 2.13. The maximum atomic E-state index is 5.89. The molecule has 0 aliphatic carbocycles. The van der Waals surface area contributed by atoms with Crippen LogP contribution in [-0.2, 0) is 27.4 Å². The lowest BCUT2D eigenvalue weighted by Gasteiger charge is -2.16. The second-order valence-electron chi connectivity index (χ2n) is 10.1. The molecule has 1 atom stereocenters. The van der Waals surface area contributed by atoms with Crippen LogP contribution in [0.2, 0.25) is 0 Å². The highest BCUT2D eigenvalue weighted by atomic mass is 32.1. The van der Waals surface area contributed by atoms with Gasteiger partial charge in [0.25, 0.3) is 0 Å². The van der Waals surface area contributed by atoms with Crippen molar-refractivity contribution < 1.29 is 18.8 Å². The Hall–Kier alpha value is -1.27. The number of thiazole rings is 1. The van der Waals surface area contributed by atoms with Gasteiger partial charge in [0.15, 0.2) is 12.7 Å². The first-order valence-corrected chi connectivity index (χ1v) is 15.4. The third-order valence-electron chi connectivity index (χ3n) is 6.77. The molecule has 204 valence electrons. The molecule has 0 fully saturated rings. The summed E-state index contributed by atoms with van der Waals surface area (Å²) in [6, 6.07) is 8.65. The molecule has 0 saturated heterocycles. The summed E-state index contributed by atoms with van der Waals surface area (Å²) < 4.78 is 19.5. The lowest BCUT2D eigenvalue weighted by Crippen LogP contribution is -2.30. The summed E-state index contributed by atoms with van der Waals surface area (Å²) in [7, 11) is 1.74. The summed E-state index contributed by atoms with van der Waals surface area (Å²) in [6.07, 6.45) is 21.4. The van der Waals surface area contributed by atoms with Gasteiger partial charge in [0.05, 0.1) is 25.2 Å². The van der Waals surface area contributed by atoms with Gasteiger partial charge in [-0.1, -0.05) is 126 Å². The minimum absolute atomic E-state index is 0.00842. The van der Waals surface area contributed by atoms with Gasteiger partial charge in [0, 0.05) is 19.3 Å². The van der Waals surface area contributed by atoms with Crippen LogP contribution in [-0.4, -0.2) is 33.0 Å². The van der Waals surface area contributed by atoms with Crippen LogP contribution in [0.5, 0.6) is 0 Å². The zero-order valence-corrected chi connectivity index (χ0v) is 24.0. The molecule has 0 bridgehead atoms. The molecule has 1 aromatic carbocycles. The predicted molar refractivity (Wildman–Crippen MR) is 152 cm³/mol. The topological polar surface area (TPSA) is 31.6 Å². The normalized spacial score (nSPS) is 12.3. The third-order valence-corrected chi connectivity index (χ3v) is 7.44. The summed E-state index contributed by atoms with van der Waals surface area (Å²) in [5.74, 6) is 0. The summed E-state index contributed by atoms with van der Waals surface area (Å²) in [5, 5.41) is 2.10. The Morgan fingerprint density at radius 3 is 1.83 bits per heavy atom. The summed E-state index contributed by atoms with van der Waals surface area (Å²) in [4.78, 5) is 0. The molecule has 0 aliphatic heterocycles. The average Bonchev–Trinajstić information content (AvgIpc) is 3.41. The van der Waals surface area contributed by atoms with E-state index in [1.807, 2.05) is 0 Å². The summed E-state index contributed by atoms with van der Waals surface area (Å²) in [6.45, 7) is 5.78. The Morgan fingerprint density at radius 2 is 1.28 bits per heavy atom. The van der Waals surface area contributed by atoms with E-state index in [1.54, 1.807) is 18.4 Å². The minimum atomic E-state index is -0.00842. The zero-order chi connectivity index (χ0) is 25.5. The molecule has 2 aromatic rings. The van der Waals surface area contributed by atoms with E-state index in [1.165, 1.54) is 94.6 Å². The van der Waals surface area contributed by atoms with E-state index in [2.05, 4.69) is 52.8 Å². The first-order valence-electron chi connectivity index (χ1n) is 14.5. The van der Waals surface area contributed by atoms with E-state index in [0.717, 1.165) is 19.6 Å². The molecule has 0 N–H and O–H groups in total. The van der Waals surface area contributed by atoms with Crippen molar-refractivity contribution in [2.45, 2.75) is 116 Å².